The van der Waals surface area contributed by atoms with Gasteiger partial charge in [0, 0.05) is 17.7 Å². The number of rotatable bonds is 9. The van der Waals surface area contributed by atoms with E-state index in [1.165, 1.54) is 12.1 Å². The number of carbonyl (C=O) groups excluding carboxylic acids is 1. The van der Waals surface area contributed by atoms with Crippen molar-refractivity contribution in [2.75, 3.05) is 25.6 Å². The van der Waals surface area contributed by atoms with Crippen LogP contribution in [0.15, 0.2) is 54.6 Å². The zero-order valence-electron chi connectivity index (χ0n) is 17.6. The summed E-state index contributed by atoms with van der Waals surface area (Å²) >= 11 is 12.8. The first kappa shape index (κ1) is 23.7. The fourth-order valence-corrected chi connectivity index (χ4v) is 3.61. The van der Waals surface area contributed by atoms with E-state index < -0.39 is 0 Å². The third-order valence-electron chi connectivity index (χ3n) is 4.52. The molecule has 0 spiro atoms. The minimum absolute atomic E-state index is 0.00801. The lowest BCUT2D eigenvalue weighted by Gasteiger charge is -2.15. The second-order valence-corrected chi connectivity index (χ2v) is 7.62. The van der Waals surface area contributed by atoms with Crippen molar-refractivity contribution in [1.82, 2.24) is 0 Å². The van der Waals surface area contributed by atoms with Gasteiger partial charge in [-0.15, -0.1) is 0 Å². The summed E-state index contributed by atoms with van der Waals surface area (Å²) < 4.78 is 29.5. The lowest BCUT2D eigenvalue weighted by atomic mass is 10.0. The van der Waals surface area contributed by atoms with Crippen LogP contribution in [0.4, 0.5) is 10.1 Å². The quantitative estimate of drug-likeness (QED) is 0.356. The van der Waals surface area contributed by atoms with Gasteiger partial charge in [0.2, 0.25) is 0 Å². The third-order valence-corrected chi connectivity index (χ3v) is 5.08. The summed E-state index contributed by atoms with van der Waals surface area (Å²) in [5.74, 6) is 0.804. The molecule has 0 bridgehead atoms. The molecular weight excluding hydrogens is 456 g/mol. The van der Waals surface area contributed by atoms with Gasteiger partial charge in [0.25, 0.3) is 0 Å². The van der Waals surface area contributed by atoms with Crippen LogP contribution in [0, 0.1) is 5.82 Å². The van der Waals surface area contributed by atoms with Gasteiger partial charge in [-0.2, -0.15) is 0 Å². The fourth-order valence-electron chi connectivity index (χ4n) is 3.04. The van der Waals surface area contributed by atoms with Crippen LogP contribution < -0.4 is 14.8 Å². The Kier molecular flexibility index (Phi) is 8.20. The number of nitrogens with one attached hydrogen (secondary N) is 1. The number of methoxy groups -OCH3 is 1. The molecule has 0 atom stereocenters. The lowest BCUT2D eigenvalue weighted by Crippen LogP contribution is -2.16. The van der Waals surface area contributed by atoms with Crippen LogP contribution in [-0.2, 0) is 16.0 Å². The highest BCUT2D eigenvalue weighted by Crippen LogP contribution is 2.40. The molecule has 168 valence electrons. The number of esters is 1. The summed E-state index contributed by atoms with van der Waals surface area (Å²) in [5.41, 5.74) is 2.35. The van der Waals surface area contributed by atoms with Crippen LogP contribution in [0.3, 0.4) is 0 Å². The highest BCUT2D eigenvalue weighted by molar-refractivity contribution is 6.37. The summed E-state index contributed by atoms with van der Waals surface area (Å²) in [5, 5.41) is 3.47. The van der Waals surface area contributed by atoms with E-state index in [1.54, 1.807) is 50.4 Å². The van der Waals surface area contributed by atoms with Gasteiger partial charge in [0.05, 0.1) is 23.8 Å². The van der Waals surface area contributed by atoms with E-state index in [-0.39, 0.29) is 34.1 Å². The molecular formula is C24H22Cl2FNO4. The van der Waals surface area contributed by atoms with E-state index in [0.717, 1.165) is 11.1 Å². The van der Waals surface area contributed by atoms with Gasteiger partial charge < -0.3 is 19.5 Å². The molecule has 0 saturated heterocycles. The summed E-state index contributed by atoms with van der Waals surface area (Å²) in [6.07, 6.45) is 0.527. The molecule has 1 N–H and O–H groups in total. The molecule has 0 heterocycles. The molecule has 8 heteroatoms. The van der Waals surface area contributed by atoms with Crippen LogP contribution in [0.25, 0.3) is 0 Å². The van der Waals surface area contributed by atoms with Gasteiger partial charge in [0.15, 0.2) is 5.75 Å². The molecule has 0 aliphatic rings. The maximum Gasteiger partial charge on any atom is 0.325 e. The van der Waals surface area contributed by atoms with E-state index in [4.69, 9.17) is 37.4 Å². The number of ether oxygens (including phenoxy) is 3. The maximum atomic E-state index is 13.2. The summed E-state index contributed by atoms with van der Waals surface area (Å²) in [7, 11) is 1.58. The monoisotopic (exact) mass is 477 g/mol. The summed E-state index contributed by atoms with van der Waals surface area (Å²) in [6, 6.07) is 14.9. The Labute approximate surface area is 196 Å². The van der Waals surface area contributed by atoms with E-state index >= 15 is 0 Å². The fraction of sp³-hybridized carbons (Fsp3) is 0.208. The first-order valence-electron chi connectivity index (χ1n) is 9.87. The zero-order valence-corrected chi connectivity index (χ0v) is 19.1. The predicted molar refractivity (Wildman–Crippen MR) is 124 cm³/mol. The normalized spacial score (nSPS) is 10.5. The standard InChI is InChI=1S/C24H22Cl2FNO4/c1-3-31-23(29)14-28-18-12-20(25)24(21(26)13-18)32-19-8-9-22(30-2)16(11-19)10-15-4-6-17(27)7-5-15/h4-9,11-13,28H,3,10,14H2,1-2H3. The Morgan fingerprint density at radius 2 is 1.72 bits per heavy atom. The molecule has 0 unspecified atom stereocenters. The molecule has 3 aromatic rings. The Morgan fingerprint density at radius 3 is 2.34 bits per heavy atom. The smallest absolute Gasteiger partial charge is 0.325 e. The predicted octanol–water partition coefficient (Wildman–Crippen LogP) is 6.50. The largest absolute Gasteiger partial charge is 0.496 e. The van der Waals surface area contributed by atoms with Gasteiger partial charge in [-0.25, -0.2) is 4.39 Å². The first-order valence-corrected chi connectivity index (χ1v) is 10.6. The van der Waals surface area contributed by atoms with Crippen molar-refractivity contribution in [2.24, 2.45) is 0 Å². The van der Waals surface area contributed by atoms with E-state index in [1.807, 2.05) is 6.07 Å². The molecule has 0 aliphatic heterocycles. The Balaban J connectivity index is 1.79. The molecule has 0 saturated carbocycles. The van der Waals surface area contributed by atoms with Crippen LogP contribution in [-0.4, -0.2) is 26.2 Å². The Bertz CT molecular complexity index is 1070. The second kappa shape index (κ2) is 11.1. The molecule has 0 aliphatic carbocycles. The van der Waals surface area contributed by atoms with Crippen LogP contribution >= 0.6 is 23.2 Å². The van der Waals surface area contributed by atoms with Crippen molar-refractivity contribution in [2.45, 2.75) is 13.3 Å². The minimum Gasteiger partial charge on any atom is -0.496 e. The van der Waals surface area contributed by atoms with Crippen molar-refractivity contribution in [3.05, 3.63) is 81.6 Å². The van der Waals surface area contributed by atoms with Crippen LogP contribution in [0.2, 0.25) is 10.0 Å². The van der Waals surface area contributed by atoms with Gasteiger partial charge >= 0.3 is 5.97 Å². The van der Waals surface area contributed by atoms with Crippen LogP contribution in [0.1, 0.15) is 18.1 Å². The average molecular weight is 478 g/mol. The van der Waals surface area contributed by atoms with E-state index in [2.05, 4.69) is 5.32 Å². The van der Waals surface area contributed by atoms with Gasteiger partial charge in [0.1, 0.15) is 23.9 Å². The Hall–Kier alpha value is -2.96. The van der Waals surface area contributed by atoms with Gasteiger partial charge in [-0.3, -0.25) is 4.79 Å². The topological polar surface area (TPSA) is 56.8 Å². The molecule has 0 amide bonds. The lowest BCUT2D eigenvalue weighted by molar-refractivity contribution is -0.140. The summed E-state index contributed by atoms with van der Waals surface area (Å²) in [6.45, 7) is 2.04. The molecule has 0 radical (unpaired) electrons. The molecule has 32 heavy (non-hydrogen) atoms. The van der Waals surface area contributed by atoms with Crippen molar-refractivity contribution < 1.29 is 23.4 Å². The van der Waals surface area contributed by atoms with E-state index in [0.29, 0.717) is 30.2 Å². The zero-order chi connectivity index (χ0) is 23.1. The second-order valence-electron chi connectivity index (χ2n) is 6.81. The SMILES string of the molecule is CCOC(=O)CNc1cc(Cl)c(Oc2ccc(OC)c(Cc3ccc(F)cc3)c2)c(Cl)c1. The first-order chi connectivity index (χ1) is 15.4. The van der Waals surface area contributed by atoms with Gasteiger partial charge in [-0.1, -0.05) is 35.3 Å². The van der Waals surface area contributed by atoms with Crippen molar-refractivity contribution in [3.63, 3.8) is 0 Å². The number of halogens is 3. The molecule has 5 nitrogen and oxygen atoms in total. The average Bonchev–Trinajstić information content (AvgIpc) is 2.77. The number of hydrogen-bond donors (Lipinski definition) is 1. The molecule has 0 aromatic heterocycles. The molecule has 0 fully saturated rings. The number of benzene rings is 3. The highest BCUT2D eigenvalue weighted by Gasteiger charge is 2.14. The van der Waals surface area contributed by atoms with Crippen LogP contribution in [0.5, 0.6) is 17.2 Å². The number of carbonyl (C=O) groups is 1. The molecule has 3 rings (SSSR count). The molecule has 3 aromatic carbocycles. The van der Waals surface area contributed by atoms with E-state index in [9.17, 15) is 9.18 Å². The van der Waals surface area contributed by atoms with Crippen molar-refractivity contribution in [1.29, 1.82) is 0 Å². The van der Waals surface area contributed by atoms with Gasteiger partial charge in [-0.05, 0) is 55.0 Å². The Morgan fingerprint density at radius 1 is 1.03 bits per heavy atom. The number of hydrogen-bond acceptors (Lipinski definition) is 5. The summed E-state index contributed by atoms with van der Waals surface area (Å²) in [4.78, 5) is 11.5. The minimum atomic E-state index is -0.382. The third kappa shape index (κ3) is 6.28. The van der Waals surface area contributed by atoms with Crippen molar-refractivity contribution in [3.8, 4) is 17.2 Å². The highest BCUT2D eigenvalue weighted by atomic mass is 35.5. The van der Waals surface area contributed by atoms with Crippen molar-refractivity contribution >= 4 is 34.9 Å². The number of anilines is 1. The maximum absolute atomic E-state index is 13.2.